The number of fused-ring (bicyclic) bond motifs is 1. The Morgan fingerprint density at radius 1 is 1.11 bits per heavy atom. The maximum absolute atomic E-state index is 12.0. The molecule has 148 valence electrons. The lowest BCUT2D eigenvalue weighted by molar-refractivity contribution is -0.143. The third-order valence-electron chi connectivity index (χ3n) is 4.23. The molecule has 3 aromatic rings. The first-order valence-electron chi connectivity index (χ1n) is 8.77. The van der Waals surface area contributed by atoms with E-state index in [-0.39, 0.29) is 30.5 Å². The molecule has 0 amide bonds. The first-order valence-corrected chi connectivity index (χ1v) is 10.3. The molecule has 1 aromatic heterocycles. The number of benzene rings is 2. The molecule has 28 heavy (non-hydrogen) atoms. The number of sulfonamides is 1. The largest absolute Gasteiger partial charge is 0.490 e. The average Bonchev–Trinajstić information content (AvgIpc) is 3.06. The molecule has 0 unspecified atom stereocenters. The van der Waals surface area contributed by atoms with Crippen molar-refractivity contribution in [2.75, 3.05) is 13.2 Å². The number of aryl methyl sites for hydroxylation is 1. The number of carbonyl (C=O) groups is 1. The maximum Gasteiger partial charge on any atom is 0.310 e. The summed E-state index contributed by atoms with van der Waals surface area (Å²) in [5.41, 5.74) is 2.71. The molecule has 0 aliphatic carbocycles. The van der Waals surface area contributed by atoms with Gasteiger partial charge in [-0.25, -0.2) is 13.6 Å². The SMILES string of the molecule is CCc1ccc2c(CC(=O)OCCOc3ccc(S(N)(=O)=O)cc3)coc2c1. The number of furan rings is 1. The first-order chi connectivity index (χ1) is 13.4. The molecule has 2 N–H and O–H groups in total. The number of primary sulfonamides is 1. The van der Waals surface area contributed by atoms with Gasteiger partial charge in [-0.1, -0.05) is 19.1 Å². The van der Waals surface area contributed by atoms with E-state index in [1.54, 1.807) is 6.26 Å². The lowest BCUT2D eigenvalue weighted by Crippen LogP contribution is -2.14. The summed E-state index contributed by atoms with van der Waals surface area (Å²) in [7, 11) is -3.73. The van der Waals surface area contributed by atoms with E-state index in [1.165, 1.54) is 29.8 Å². The van der Waals surface area contributed by atoms with Crippen LogP contribution in [0.4, 0.5) is 0 Å². The fourth-order valence-corrected chi connectivity index (χ4v) is 3.25. The van der Waals surface area contributed by atoms with Crippen molar-refractivity contribution >= 4 is 27.0 Å². The highest BCUT2D eigenvalue weighted by molar-refractivity contribution is 7.89. The van der Waals surface area contributed by atoms with Gasteiger partial charge >= 0.3 is 5.97 Å². The van der Waals surface area contributed by atoms with Crippen molar-refractivity contribution in [3.05, 3.63) is 59.9 Å². The minimum absolute atomic E-state index is 0.00433. The fourth-order valence-electron chi connectivity index (χ4n) is 2.73. The van der Waals surface area contributed by atoms with Crippen LogP contribution in [0, 0.1) is 0 Å². The van der Waals surface area contributed by atoms with E-state index < -0.39 is 10.0 Å². The second-order valence-corrected chi connectivity index (χ2v) is 7.77. The van der Waals surface area contributed by atoms with Crippen LogP contribution in [0.25, 0.3) is 11.0 Å². The van der Waals surface area contributed by atoms with Gasteiger partial charge in [-0.3, -0.25) is 4.79 Å². The second-order valence-electron chi connectivity index (χ2n) is 6.21. The van der Waals surface area contributed by atoms with Gasteiger partial charge < -0.3 is 13.9 Å². The summed E-state index contributed by atoms with van der Waals surface area (Å²) in [5, 5.41) is 5.94. The van der Waals surface area contributed by atoms with E-state index in [0.717, 1.165) is 23.0 Å². The smallest absolute Gasteiger partial charge is 0.310 e. The van der Waals surface area contributed by atoms with Gasteiger partial charge in [0.25, 0.3) is 0 Å². The summed E-state index contributed by atoms with van der Waals surface area (Å²) in [6.45, 7) is 2.29. The molecule has 0 saturated heterocycles. The third-order valence-corrected chi connectivity index (χ3v) is 5.16. The monoisotopic (exact) mass is 403 g/mol. The normalized spacial score (nSPS) is 11.5. The van der Waals surface area contributed by atoms with Gasteiger partial charge in [0, 0.05) is 10.9 Å². The first kappa shape index (κ1) is 19.9. The molecule has 1 heterocycles. The van der Waals surface area contributed by atoms with Crippen LogP contribution in [0.3, 0.4) is 0 Å². The Hall–Kier alpha value is -2.84. The number of esters is 1. The van der Waals surface area contributed by atoms with Crippen LogP contribution in [-0.4, -0.2) is 27.6 Å². The summed E-state index contributed by atoms with van der Waals surface area (Å²) in [4.78, 5) is 12.0. The number of hydrogen-bond donors (Lipinski definition) is 1. The zero-order chi connectivity index (χ0) is 20.1. The number of rotatable bonds is 8. The Morgan fingerprint density at radius 2 is 1.86 bits per heavy atom. The molecule has 0 fully saturated rings. The highest BCUT2D eigenvalue weighted by Crippen LogP contribution is 2.23. The van der Waals surface area contributed by atoms with E-state index in [0.29, 0.717) is 5.75 Å². The predicted octanol–water partition coefficient (Wildman–Crippen LogP) is 2.81. The standard InChI is InChI=1S/C20H21NO6S/c1-2-14-3-8-18-15(13-27-19(18)11-14)12-20(22)26-10-9-25-16-4-6-17(7-5-16)28(21,23)24/h3-8,11,13H,2,9-10,12H2,1H3,(H2,21,23,24). The summed E-state index contributed by atoms with van der Waals surface area (Å²) in [5.74, 6) is 0.0754. The van der Waals surface area contributed by atoms with Crippen LogP contribution in [0.2, 0.25) is 0 Å². The molecule has 3 rings (SSSR count). The van der Waals surface area contributed by atoms with E-state index in [9.17, 15) is 13.2 Å². The summed E-state index contributed by atoms with van der Waals surface area (Å²) in [6, 6.07) is 11.6. The average molecular weight is 403 g/mol. The molecule has 0 aliphatic heterocycles. The zero-order valence-electron chi connectivity index (χ0n) is 15.4. The van der Waals surface area contributed by atoms with Crippen LogP contribution in [-0.2, 0) is 32.4 Å². The summed E-state index contributed by atoms with van der Waals surface area (Å²) >= 11 is 0. The van der Waals surface area contributed by atoms with Gasteiger partial charge in [0.2, 0.25) is 10.0 Å². The molecule has 8 heteroatoms. The van der Waals surface area contributed by atoms with Crippen LogP contribution in [0.1, 0.15) is 18.1 Å². The van der Waals surface area contributed by atoms with Gasteiger partial charge in [0.15, 0.2) is 0 Å². The van der Waals surface area contributed by atoms with E-state index in [2.05, 4.69) is 6.92 Å². The van der Waals surface area contributed by atoms with Crippen LogP contribution in [0.15, 0.2) is 58.0 Å². The quantitative estimate of drug-likeness (QED) is 0.458. The lowest BCUT2D eigenvalue weighted by Gasteiger charge is -2.08. The number of nitrogens with two attached hydrogens (primary N) is 1. The van der Waals surface area contributed by atoms with E-state index >= 15 is 0 Å². The van der Waals surface area contributed by atoms with Crippen molar-refractivity contribution in [1.82, 2.24) is 0 Å². The van der Waals surface area contributed by atoms with Gasteiger partial charge in [0.05, 0.1) is 17.6 Å². The van der Waals surface area contributed by atoms with Crippen molar-refractivity contribution in [3.8, 4) is 5.75 Å². The summed E-state index contributed by atoms with van der Waals surface area (Å²) < 4.78 is 38.5. The molecule has 7 nitrogen and oxygen atoms in total. The van der Waals surface area contributed by atoms with E-state index in [1.807, 2.05) is 18.2 Å². The zero-order valence-corrected chi connectivity index (χ0v) is 16.2. The van der Waals surface area contributed by atoms with Gasteiger partial charge in [-0.2, -0.15) is 0 Å². The van der Waals surface area contributed by atoms with Crippen LogP contribution < -0.4 is 9.88 Å². The Morgan fingerprint density at radius 3 is 2.54 bits per heavy atom. The topological polar surface area (TPSA) is 109 Å². The number of hydrogen-bond acceptors (Lipinski definition) is 6. The Bertz CT molecular complexity index is 1070. The Balaban J connectivity index is 1.47. The molecular weight excluding hydrogens is 382 g/mol. The van der Waals surface area contributed by atoms with Crippen LogP contribution >= 0.6 is 0 Å². The molecule has 0 atom stereocenters. The molecule has 0 aliphatic rings. The highest BCUT2D eigenvalue weighted by atomic mass is 32.2. The fraction of sp³-hybridized carbons (Fsp3) is 0.250. The van der Waals surface area contributed by atoms with Gasteiger partial charge in [0.1, 0.15) is 24.5 Å². The molecule has 0 saturated carbocycles. The van der Waals surface area contributed by atoms with Crippen molar-refractivity contribution in [2.45, 2.75) is 24.7 Å². The number of carbonyl (C=O) groups excluding carboxylic acids is 1. The van der Waals surface area contributed by atoms with Crippen molar-refractivity contribution in [1.29, 1.82) is 0 Å². The second kappa shape index (κ2) is 8.45. The summed E-state index contributed by atoms with van der Waals surface area (Å²) in [6.07, 6.45) is 2.61. The lowest BCUT2D eigenvalue weighted by atomic mass is 10.1. The number of ether oxygens (including phenoxy) is 2. The molecule has 0 bridgehead atoms. The molecule has 2 aromatic carbocycles. The minimum atomic E-state index is -3.73. The minimum Gasteiger partial charge on any atom is -0.490 e. The Kier molecular flexibility index (Phi) is 6.01. The molecular formula is C20H21NO6S. The Labute approximate surface area is 163 Å². The molecule has 0 radical (unpaired) electrons. The van der Waals surface area contributed by atoms with Crippen molar-refractivity contribution in [3.63, 3.8) is 0 Å². The highest BCUT2D eigenvalue weighted by Gasteiger charge is 2.12. The molecule has 0 spiro atoms. The third kappa shape index (κ3) is 4.90. The maximum atomic E-state index is 12.0. The van der Waals surface area contributed by atoms with Crippen molar-refractivity contribution in [2.24, 2.45) is 5.14 Å². The van der Waals surface area contributed by atoms with Gasteiger partial charge in [-0.05, 0) is 42.3 Å². The van der Waals surface area contributed by atoms with E-state index in [4.69, 9.17) is 19.0 Å². The predicted molar refractivity (Wildman–Crippen MR) is 104 cm³/mol. The van der Waals surface area contributed by atoms with Crippen LogP contribution in [0.5, 0.6) is 5.75 Å². The van der Waals surface area contributed by atoms with Crippen molar-refractivity contribution < 1.29 is 27.1 Å². The van der Waals surface area contributed by atoms with Gasteiger partial charge in [-0.15, -0.1) is 0 Å².